The van der Waals surface area contributed by atoms with E-state index in [0.717, 1.165) is 63.8 Å². The van der Waals surface area contributed by atoms with E-state index in [1.54, 1.807) is 4.90 Å². The monoisotopic (exact) mass is 474 g/mol. The molecule has 0 spiro atoms. The molecule has 0 bridgehead atoms. The number of rotatable bonds is 6. The fraction of sp³-hybridized carbons (Fsp3) is 0.464. The molecule has 7 heteroatoms. The van der Waals surface area contributed by atoms with Crippen molar-refractivity contribution in [1.29, 1.82) is 0 Å². The fourth-order valence-corrected chi connectivity index (χ4v) is 5.46. The minimum atomic E-state index is -0.239. The first-order valence-corrected chi connectivity index (χ1v) is 12.8. The summed E-state index contributed by atoms with van der Waals surface area (Å²) in [6.07, 6.45) is 5.63. The number of amides is 3. The van der Waals surface area contributed by atoms with Gasteiger partial charge in [0.05, 0.1) is 11.4 Å². The molecule has 0 radical (unpaired) electrons. The highest BCUT2D eigenvalue weighted by Crippen LogP contribution is 2.40. The fourth-order valence-electron chi connectivity index (χ4n) is 5.46. The van der Waals surface area contributed by atoms with Crippen LogP contribution in [0.25, 0.3) is 0 Å². The number of carbonyl (C=O) groups excluding carboxylic acids is 3. The Morgan fingerprint density at radius 3 is 2.46 bits per heavy atom. The molecule has 1 atom stereocenters. The van der Waals surface area contributed by atoms with Crippen molar-refractivity contribution in [2.24, 2.45) is 0 Å². The predicted molar refractivity (Wildman–Crippen MR) is 137 cm³/mol. The number of fused-ring (bicyclic) bond motifs is 3. The molecule has 3 aliphatic rings. The summed E-state index contributed by atoms with van der Waals surface area (Å²) in [5.74, 6) is -0.227. The Bertz CT molecular complexity index is 1110. The number of anilines is 2. The van der Waals surface area contributed by atoms with Gasteiger partial charge >= 0.3 is 0 Å². The number of likely N-dealkylation sites (tertiary alicyclic amines) is 1. The Kier molecular flexibility index (Phi) is 6.75. The zero-order chi connectivity index (χ0) is 24.4. The summed E-state index contributed by atoms with van der Waals surface area (Å²) in [5.41, 5.74) is 4.57. The van der Waals surface area contributed by atoms with Crippen LogP contribution in [0.3, 0.4) is 0 Å². The minimum absolute atomic E-state index is 0.000941. The number of aryl methyl sites for hydroxylation is 1. The van der Waals surface area contributed by atoms with Gasteiger partial charge in [-0.2, -0.15) is 0 Å². The third-order valence-electron chi connectivity index (χ3n) is 7.43. The van der Waals surface area contributed by atoms with Gasteiger partial charge in [-0.15, -0.1) is 0 Å². The molecule has 0 saturated carbocycles. The average molecular weight is 475 g/mol. The van der Waals surface area contributed by atoms with Crippen LogP contribution in [0.5, 0.6) is 0 Å². The Hall–Kier alpha value is -3.35. The number of carbonyl (C=O) groups is 3. The molecule has 3 heterocycles. The zero-order valence-electron chi connectivity index (χ0n) is 20.5. The lowest BCUT2D eigenvalue weighted by molar-refractivity contribution is -0.124. The number of hydrogen-bond donors (Lipinski definition) is 1. The molecular weight excluding hydrogens is 440 g/mol. The van der Waals surface area contributed by atoms with Gasteiger partial charge in [0, 0.05) is 31.7 Å². The predicted octanol–water partition coefficient (Wildman–Crippen LogP) is 3.30. The van der Waals surface area contributed by atoms with E-state index in [9.17, 15) is 14.4 Å². The summed E-state index contributed by atoms with van der Waals surface area (Å²) >= 11 is 0. The lowest BCUT2D eigenvalue weighted by atomic mass is 9.95. The van der Waals surface area contributed by atoms with Crippen molar-refractivity contribution >= 4 is 29.1 Å². The number of benzene rings is 2. The van der Waals surface area contributed by atoms with Crippen LogP contribution in [0.2, 0.25) is 0 Å². The largest absolute Gasteiger partial charge is 0.358 e. The molecule has 5 rings (SSSR count). The van der Waals surface area contributed by atoms with Crippen molar-refractivity contribution in [2.45, 2.75) is 51.5 Å². The lowest BCUT2D eigenvalue weighted by Gasteiger charge is -2.45. The Morgan fingerprint density at radius 1 is 0.943 bits per heavy atom. The second-order valence-electron chi connectivity index (χ2n) is 9.92. The molecule has 184 valence electrons. The van der Waals surface area contributed by atoms with Crippen LogP contribution in [0, 0.1) is 6.92 Å². The molecular formula is C28H34N4O3. The second-order valence-corrected chi connectivity index (χ2v) is 9.92. The smallest absolute Gasteiger partial charge is 0.253 e. The van der Waals surface area contributed by atoms with Gasteiger partial charge in [-0.25, -0.2) is 0 Å². The van der Waals surface area contributed by atoms with E-state index in [2.05, 4.69) is 41.4 Å². The third-order valence-corrected chi connectivity index (χ3v) is 7.43. The SMILES string of the molecule is Cc1ccc(CCNC(=O)CN2C(=O)[C@@H]3CCCCN3c3ccc(C(=O)N4CCCC4)cc32)cc1. The van der Waals surface area contributed by atoms with Gasteiger partial charge in [-0.1, -0.05) is 29.8 Å². The normalized spacial score (nSPS) is 19.4. The van der Waals surface area contributed by atoms with Crippen molar-refractivity contribution in [3.05, 3.63) is 59.2 Å². The lowest BCUT2D eigenvalue weighted by Crippen LogP contribution is -2.57. The van der Waals surface area contributed by atoms with E-state index in [4.69, 9.17) is 0 Å². The Morgan fingerprint density at radius 2 is 1.69 bits per heavy atom. The molecule has 2 aromatic rings. The first kappa shape index (κ1) is 23.4. The van der Waals surface area contributed by atoms with Crippen LogP contribution in [0.4, 0.5) is 11.4 Å². The van der Waals surface area contributed by atoms with E-state index in [0.29, 0.717) is 17.8 Å². The molecule has 0 aliphatic carbocycles. The number of nitrogens with one attached hydrogen (secondary N) is 1. The van der Waals surface area contributed by atoms with Gasteiger partial charge in [0.15, 0.2) is 0 Å². The van der Waals surface area contributed by atoms with E-state index in [1.165, 1.54) is 11.1 Å². The topological polar surface area (TPSA) is 73.0 Å². The molecule has 2 fully saturated rings. The van der Waals surface area contributed by atoms with Crippen LogP contribution >= 0.6 is 0 Å². The van der Waals surface area contributed by atoms with Gasteiger partial charge in [0.1, 0.15) is 12.6 Å². The van der Waals surface area contributed by atoms with Crippen LogP contribution in [0.1, 0.15) is 53.6 Å². The van der Waals surface area contributed by atoms with E-state index >= 15 is 0 Å². The maximum absolute atomic E-state index is 13.5. The highest BCUT2D eigenvalue weighted by molar-refractivity contribution is 6.09. The van der Waals surface area contributed by atoms with Gasteiger partial charge in [0.2, 0.25) is 11.8 Å². The van der Waals surface area contributed by atoms with E-state index in [-0.39, 0.29) is 30.3 Å². The van der Waals surface area contributed by atoms with Crippen molar-refractivity contribution in [3.63, 3.8) is 0 Å². The molecule has 0 aromatic heterocycles. The zero-order valence-corrected chi connectivity index (χ0v) is 20.5. The van der Waals surface area contributed by atoms with Gasteiger partial charge in [-0.3, -0.25) is 19.3 Å². The van der Waals surface area contributed by atoms with Crippen molar-refractivity contribution in [3.8, 4) is 0 Å². The van der Waals surface area contributed by atoms with Crippen molar-refractivity contribution in [1.82, 2.24) is 10.2 Å². The summed E-state index contributed by atoms with van der Waals surface area (Å²) in [4.78, 5) is 45.1. The molecule has 2 aromatic carbocycles. The molecule has 7 nitrogen and oxygen atoms in total. The third kappa shape index (κ3) is 4.90. The second kappa shape index (κ2) is 10.1. The maximum Gasteiger partial charge on any atom is 0.253 e. The van der Waals surface area contributed by atoms with E-state index < -0.39 is 0 Å². The summed E-state index contributed by atoms with van der Waals surface area (Å²) < 4.78 is 0. The molecule has 35 heavy (non-hydrogen) atoms. The van der Waals surface area contributed by atoms with Crippen molar-refractivity contribution < 1.29 is 14.4 Å². The summed E-state index contributed by atoms with van der Waals surface area (Å²) in [6, 6.07) is 13.7. The number of hydrogen-bond acceptors (Lipinski definition) is 4. The first-order chi connectivity index (χ1) is 17.0. The molecule has 2 saturated heterocycles. The molecule has 3 aliphatic heterocycles. The van der Waals surface area contributed by atoms with Crippen molar-refractivity contribution in [2.75, 3.05) is 42.5 Å². The number of piperidine rings is 1. The van der Waals surface area contributed by atoms with Crippen LogP contribution in [-0.2, 0) is 16.0 Å². The van der Waals surface area contributed by atoms with Crippen LogP contribution < -0.4 is 15.1 Å². The van der Waals surface area contributed by atoms with Crippen LogP contribution in [0.15, 0.2) is 42.5 Å². The van der Waals surface area contributed by atoms with E-state index in [1.807, 2.05) is 23.1 Å². The molecule has 1 N–H and O–H groups in total. The van der Waals surface area contributed by atoms with Gasteiger partial charge < -0.3 is 15.1 Å². The Labute approximate surface area is 207 Å². The van der Waals surface area contributed by atoms with Gasteiger partial charge in [-0.05, 0) is 69.2 Å². The highest BCUT2D eigenvalue weighted by atomic mass is 16.2. The molecule has 3 amide bonds. The first-order valence-electron chi connectivity index (χ1n) is 12.8. The standard InChI is InChI=1S/C28H34N4O3/c1-20-7-9-21(10-8-20)13-14-29-26(33)19-32-25-18-22(27(34)30-15-4-5-16-30)11-12-23(25)31-17-3-2-6-24(31)28(32)35/h7-12,18,24H,2-6,13-17,19H2,1H3,(H,29,33)/t24-/m0/s1. The van der Waals surface area contributed by atoms with Gasteiger partial charge in [0.25, 0.3) is 5.91 Å². The Balaban J connectivity index is 1.34. The maximum atomic E-state index is 13.5. The minimum Gasteiger partial charge on any atom is -0.358 e. The summed E-state index contributed by atoms with van der Waals surface area (Å²) in [7, 11) is 0. The highest BCUT2D eigenvalue weighted by Gasteiger charge is 2.40. The summed E-state index contributed by atoms with van der Waals surface area (Å²) in [6.45, 7) is 4.90. The molecule has 0 unspecified atom stereocenters. The number of nitrogens with zero attached hydrogens (tertiary/aromatic N) is 3. The quantitative estimate of drug-likeness (QED) is 0.697. The summed E-state index contributed by atoms with van der Waals surface area (Å²) in [5, 5.41) is 2.98. The van der Waals surface area contributed by atoms with Crippen LogP contribution in [-0.4, -0.2) is 61.4 Å². The average Bonchev–Trinajstić information content (AvgIpc) is 3.42.